The number of hydrogen-bond donors (Lipinski definition) is 2. The third-order valence-corrected chi connectivity index (χ3v) is 4.00. The number of halogens is 2. The van der Waals surface area contributed by atoms with Gasteiger partial charge in [0.15, 0.2) is 0 Å². The molecule has 102 valence electrons. The fraction of sp³-hybridized carbons (Fsp3) is 0.333. The largest absolute Gasteiger partial charge is 0.387 e. The highest BCUT2D eigenvalue weighted by molar-refractivity contribution is 6.31. The number of aromatic amines is 1. The number of aliphatic hydroxyl groups is 1. The first-order chi connectivity index (χ1) is 8.91. The predicted octanol–water partition coefficient (Wildman–Crippen LogP) is 4.01. The number of H-pyrrole nitrogens is 1. The van der Waals surface area contributed by atoms with E-state index in [2.05, 4.69) is 4.98 Å². The van der Waals surface area contributed by atoms with Crippen molar-refractivity contribution in [1.29, 1.82) is 0 Å². The van der Waals surface area contributed by atoms with E-state index >= 15 is 0 Å². The van der Waals surface area contributed by atoms with Crippen LogP contribution in [0.1, 0.15) is 34.2 Å². The Bertz CT molecular complexity index is 586. The molecular formula is C15H17ClFNO. The van der Waals surface area contributed by atoms with Gasteiger partial charge in [-0.15, -0.1) is 0 Å². The highest BCUT2D eigenvalue weighted by atomic mass is 35.5. The SMILES string of the molecule is Cc1[nH]c(C(O)Cc2c(F)cccc2Cl)c(C)c1C. The van der Waals surface area contributed by atoms with E-state index in [9.17, 15) is 9.50 Å². The van der Waals surface area contributed by atoms with Crippen molar-refractivity contribution in [3.05, 3.63) is 57.1 Å². The van der Waals surface area contributed by atoms with E-state index in [1.807, 2.05) is 20.8 Å². The maximum absolute atomic E-state index is 13.7. The van der Waals surface area contributed by atoms with Crippen LogP contribution in [0.15, 0.2) is 18.2 Å². The molecule has 0 fully saturated rings. The third kappa shape index (κ3) is 2.67. The van der Waals surface area contributed by atoms with E-state index in [0.717, 1.165) is 22.5 Å². The molecule has 1 atom stereocenters. The molecule has 0 aliphatic carbocycles. The molecule has 1 unspecified atom stereocenters. The van der Waals surface area contributed by atoms with E-state index < -0.39 is 6.10 Å². The Hall–Kier alpha value is -1.32. The van der Waals surface area contributed by atoms with Gasteiger partial charge in [0, 0.05) is 28.4 Å². The van der Waals surface area contributed by atoms with Crippen LogP contribution < -0.4 is 0 Å². The minimum atomic E-state index is -0.790. The van der Waals surface area contributed by atoms with Crippen LogP contribution in [0.3, 0.4) is 0 Å². The Morgan fingerprint density at radius 1 is 1.26 bits per heavy atom. The van der Waals surface area contributed by atoms with E-state index in [0.29, 0.717) is 10.6 Å². The second-order valence-corrected chi connectivity index (χ2v) is 5.24. The number of nitrogens with one attached hydrogen (secondary N) is 1. The molecular weight excluding hydrogens is 265 g/mol. The first-order valence-electron chi connectivity index (χ1n) is 6.18. The van der Waals surface area contributed by atoms with Crippen molar-refractivity contribution in [1.82, 2.24) is 4.98 Å². The standard InChI is InChI=1S/C15H17ClFNO/c1-8-9(2)15(18-10(8)3)14(19)7-11-12(16)5-4-6-13(11)17/h4-6,14,18-19H,7H2,1-3H3. The summed E-state index contributed by atoms with van der Waals surface area (Å²) in [7, 11) is 0. The van der Waals surface area contributed by atoms with Crippen molar-refractivity contribution < 1.29 is 9.50 Å². The lowest BCUT2D eigenvalue weighted by molar-refractivity contribution is 0.172. The van der Waals surface area contributed by atoms with Crippen LogP contribution >= 0.6 is 11.6 Å². The molecule has 1 heterocycles. The van der Waals surface area contributed by atoms with E-state index in [-0.39, 0.29) is 12.2 Å². The summed E-state index contributed by atoms with van der Waals surface area (Å²) in [6.45, 7) is 5.89. The topological polar surface area (TPSA) is 36.0 Å². The van der Waals surface area contributed by atoms with Crippen molar-refractivity contribution in [3.63, 3.8) is 0 Å². The van der Waals surface area contributed by atoms with Gasteiger partial charge in [-0.1, -0.05) is 17.7 Å². The Morgan fingerprint density at radius 2 is 1.95 bits per heavy atom. The lowest BCUT2D eigenvalue weighted by Crippen LogP contribution is -2.06. The number of aryl methyl sites for hydroxylation is 1. The van der Waals surface area contributed by atoms with Gasteiger partial charge in [0.2, 0.25) is 0 Å². The number of aromatic nitrogens is 1. The van der Waals surface area contributed by atoms with E-state index in [4.69, 9.17) is 11.6 Å². The maximum atomic E-state index is 13.7. The van der Waals surface area contributed by atoms with Crippen LogP contribution in [0.2, 0.25) is 5.02 Å². The van der Waals surface area contributed by atoms with Crippen molar-refractivity contribution in [2.24, 2.45) is 0 Å². The quantitative estimate of drug-likeness (QED) is 0.876. The molecule has 2 aromatic rings. The van der Waals surface area contributed by atoms with Crippen molar-refractivity contribution >= 4 is 11.6 Å². The molecule has 0 radical (unpaired) electrons. The van der Waals surface area contributed by atoms with Gasteiger partial charge in [0.1, 0.15) is 5.82 Å². The molecule has 0 aliphatic rings. The molecule has 2 N–H and O–H groups in total. The minimum Gasteiger partial charge on any atom is -0.387 e. The lowest BCUT2D eigenvalue weighted by atomic mass is 10.0. The smallest absolute Gasteiger partial charge is 0.127 e. The number of benzene rings is 1. The van der Waals surface area contributed by atoms with Gasteiger partial charge in [-0.2, -0.15) is 0 Å². The second-order valence-electron chi connectivity index (χ2n) is 4.83. The van der Waals surface area contributed by atoms with Crippen molar-refractivity contribution in [2.75, 3.05) is 0 Å². The molecule has 0 saturated heterocycles. The first-order valence-corrected chi connectivity index (χ1v) is 6.56. The van der Waals surface area contributed by atoms with Gasteiger partial charge < -0.3 is 10.1 Å². The zero-order valence-electron chi connectivity index (χ0n) is 11.2. The van der Waals surface area contributed by atoms with Crippen LogP contribution in [0, 0.1) is 26.6 Å². The summed E-state index contributed by atoms with van der Waals surface area (Å²) in [5, 5.41) is 10.6. The van der Waals surface area contributed by atoms with Crippen molar-refractivity contribution in [3.8, 4) is 0 Å². The first kappa shape index (κ1) is 14.1. The second kappa shape index (κ2) is 5.35. The van der Waals surface area contributed by atoms with Crippen LogP contribution in [-0.4, -0.2) is 10.1 Å². The normalized spacial score (nSPS) is 12.7. The molecule has 4 heteroatoms. The molecule has 0 bridgehead atoms. The van der Waals surface area contributed by atoms with Crippen LogP contribution in [-0.2, 0) is 6.42 Å². The maximum Gasteiger partial charge on any atom is 0.127 e. The van der Waals surface area contributed by atoms with Crippen LogP contribution in [0.5, 0.6) is 0 Å². The molecule has 0 spiro atoms. The van der Waals surface area contributed by atoms with E-state index in [1.165, 1.54) is 6.07 Å². The lowest BCUT2D eigenvalue weighted by Gasteiger charge is -2.12. The van der Waals surface area contributed by atoms with Gasteiger partial charge in [0.05, 0.1) is 6.10 Å². The van der Waals surface area contributed by atoms with Gasteiger partial charge in [-0.05, 0) is 44.0 Å². The summed E-state index contributed by atoms with van der Waals surface area (Å²) >= 11 is 5.98. The number of hydrogen-bond acceptors (Lipinski definition) is 1. The van der Waals surface area contributed by atoms with Crippen molar-refractivity contribution in [2.45, 2.75) is 33.3 Å². The summed E-state index contributed by atoms with van der Waals surface area (Å²) in [4.78, 5) is 3.16. The van der Waals surface area contributed by atoms with Gasteiger partial charge >= 0.3 is 0 Å². The van der Waals surface area contributed by atoms with E-state index in [1.54, 1.807) is 12.1 Å². The monoisotopic (exact) mass is 281 g/mol. The van der Waals surface area contributed by atoms with Crippen LogP contribution in [0.4, 0.5) is 4.39 Å². The average Bonchev–Trinajstić information content (AvgIpc) is 2.62. The third-order valence-electron chi connectivity index (χ3n) is 3.64. The Morgan fingerprint density at radius 3 is 2.47 bits per heavy atom. The summed E-state index contributed by atoms with van der Waals surface area (Å²) < 4.78 is 13.7. The fourth-order valence-electron chi connectivity index (χ4n) is 2.23. The molecule has 2 rings (SSSR count). The van der Waals surface area contributed by atoms with Gasteiger partial charge in [-0.25, -0.2) is 4.39 Å². The zero-order chi connectivity index (χ0) is 14.2. The zero-order valence-corrected chi connectivity index (χ0v) is 12.0. The molecule has 19 heavy (non-hydrogen) atoms. The molecule has 2 nitrogen and oxygen atoms in total. The predicted molar refractivity (Wildman–Crippen MR) is 75.1 cm³/mol. The Labute approximate surface area is 117 Å². The van der Waals surface area contributed by atoms with Gasteiger partial charge in [-0.3, -0.25) is 0 Å². The highest BCUT2D eigenvalue weighted by Crippen LogP contribution is 2.28. The Kier molecular flexibility index (Phi) is 3.97. The van der Waals surface area contributed by atoms with Crippen LogP contribution in [0.25, 0.3) is 0 Å². The summed E-state index contributed by atoms with van der Waals surface area (Å²) in [6, 6.07) is 4.54. The fourth-order valence-corrected chi connectivity index (χ4v) is 2.47. The summed E-state index contributed by atoms with van der Waals surface area (Å²) in [5.74, 6) is -0.385. The highest BCUT2D eigenvalue weighted by Gasteiger charge is 2.19. The molecule has 1 aromatic heterocycles. The summed E-state index contributed by atoms with van der Waals surface area (Å²) in [5.41, 5.74) is 4.23. The number of aliphatic hydroxyl groups excluding tert-OH is 1. The Balaban J connectivity index is 2.31. The number of rotatable bonds is 3. The summed E-state index contributed by atoms with van der Waals surface area (Å²) in [6.07, 6.45) is -0.632. The molecule has 1 aromatic carbocycles. The minimum absolute atomic E-state index is 0.158. The average molecular weight is 282 g/mol. The van der Waals surface area contributed by atoms with Gasteiger partial charge in [0.25, 0.3) is 0 Å². The molecule has 0 saturated carbocycles. The molecule has 0 amide bonds. The molecule has 0 aliphatic heterocycles.